The Hall–Kier alpha value is -3.75. The van der Waals surface area contributed by atoms with E-state index in [1.165, 1.54) is 0 Å². The summed E-state index contributed by atoms with van der Waals surface area (Å²) in [7, 11) is -2.70. The zero-order valence-electron chi connectivity index (χ0n) is 35.4. The van der Waals surface area contributed by atoms with Gasteiger partial charge in [-0.1, -0.05) is 51.8 Å². The lowest BCUT2D eigenvalue weighted by molar-refractivity contribution is 0.00566. The van der Waals surface area contributed by atoms with Crippen molar-refractivity contribution in [3.8, 4) is 23.0 Å². The topological polar surface area (TPSA) is 124 Å². The van der Waals surface area contributed by atoms with Crippen LogP contribution < -0.4 is 4.90 Å². The molecule has 0 saturated carbocycles. The van der Waals surface area contributed by atoms with Gasteiger partial charge in [0.05, 0.1) is 24.1 Å². The molecule has 14 heteroatoms. The van der Waals surface area contributed by atoms with Crippen molar-refractivity contribution in [2.45, 2.75) is 128 Å². The van der Waals surface area contributed by atoms with Crippen LogP contribution in [0.3, 0.4) is 0 Å². The highest BCUT2D eigenvalue weighted by Gasteiger charge is 2.46. The Morgan fingerprint density at radius 2 is 1.62 bits per heavy atom. The van der Waals surface area contributed by atoms with E-state index in [-0.39, 0.29) is 44.2 Å². The van der Waals surface area contributed by atoms with Crippen molar-refractivity contribution < 1.29 is 28.8 Å². The van der Waals surface area contributed by atoms with Gasteiger partial charge in [-0.25, -0.2) is 14.8 Å². The molecule has 2 aliphatic heterocycles. The van der Waals surface area contributed by atoms with Gasteiger partial charge in [-0.05, 0) is 83.5 Å². The molecule has 2 bridgehead atoms. The van der Waals surface area contributed by atoms with Crippen LogP contribution in [-0.2, 0) is 18.9 Å². The lowest BCUT2D eigenvalue weighted by atomic mass is 9.85. The summed E-state index contributed by atoms with van der Waals surface area (Å²) in [5.41, 5.74) is 3.93. The number of nitrogens with zero attached hydrogens (tertiary/aromatic N) is 6. The van der Waals surface area contributed by atoms with Gasteiger partial charge in [-0.2, -0.15) is 9.61 Å². The molecule has 12 nitrogen and oxygen atoms in total. The second kappa shape index (κ2) is 18.2. The zero-order valence-corrected chi connectivity index (χ0v) is 37.4. The lowest BCUT2D eigenvalue weighted by Gasteiger charge is -2.40. The summed E-state index contributed by atoms with van der Waals surface area (Å²) in [6, 6.07) is 5.90. The fourth-order valence-electron chi connectivity index (χ4n) is 7.34. The van der Waals surface area contributed by atoms with E-state index >= 15 is 0 Å². The Bertz CT molecular complexity index is 1850. The van der Waals surface area contributed by atoms with Crippen molar-refractivity contribution in [1.29, 1.82) is 0 Å². The second-order valence-corrected chi connectivity index (χ2v) is 29.7. The zero-order chi connectivity index (χ0) is 40.8. The third-order valence-corrected chi connectivity index (χ3v) is 13.5. The molecule has 0 aliphatic carbocycles. The number of piperidine rings is 1. The van der Waals surface area contributed by atoms with Gasteiger partial charge in [-0.15, -0.1) is 0 Å². The van der Waals surface area contributed by atoms with Crippen molar-refractivity contribution in [2.24, 2.45) is 0 Å². The van der Waals surface area contributed by atoms with Crippen LogP contribution in [0, 0.1) is 11.8 Å². The number of aliphatic hydroxyl groups is 1. The lowest BCUT2D eigenvalue weighted by Crippen LogP contribution is -2.48. The molecule has 1 amide bonds. The van der Waals surface area contributed by atoms with E-state index < -0.39 is 21.7 Å². The smallest absolute Gasteiger partial charge is 0.410 e. The Kier molecular flexibility index (Phi) is 14.1. The van der Waals surface area contributed by atoms with Crippen molar-refractivity contribution in [2.75, 3.05) is 44.8 Å². The van der Waals surface area contributed by atoms with Crippen LogP contribution in [0.25, 0.3) is 22.5 Å². The predicted octanol–water partition coefficient (Wildman–Crippen LogP) is 8.22. The Balaban J connectivity index is 1.67. The quantitative estimate of drug-likeness (QED) is 0.0498. The minimum atomic E-state index is -1.35. The number of aromatic nitrogens is 4. The van der Waals surface area contributed by atoms with Crippen LogP contribution in [0.4, 0.5) is 10.6 Å². The van der Waals surface area contributed by atoms with Gasteiger partial charge in [0, 0.05) is 64.7 Å². The number of carbonyl (C=O) groups is 1. The van der Waals surface area contributed by atoms with Crippen molar-refractivity contribution in [1.82, 2.24) is 24.5 Å². The maximum atomic E-state index is 13.5. The van der Waals surface area contributed by atoms with E-state index in [1.807, 2.05) is 55.4 Å². The minimum absolute atomic E-state index is 0.00150. The molecule has 56 heavy (non-hydrogen) atoms. The SMILES string of the molecule is C=C(OCC)c1c(C2CC3CCC(C2)N3C(=O)OC(C)(C)C)nc2c(-c3ccc(C#CCO)nc3)cnn2c1N(COCC[Si](C)(C)C)COCC[Si](C)(C)C. The molecule has 0 aromatic carbocycles. The molecule has 2 saturated heterocycles. The molecule has 3 aromatic rings. The largest absolute Gasteiger partial charge is 0.494 e. The molecular weight excluding hydrogens is 741 g/mol. The number of rotatable bonds is 16. The van der Waals surface area contributed by atoms with E-state index in [0.29, 0.717) is 36.9 Å². The Labute approximate surface area is 336 Å². The summed E-state index contributed by atoms with van der Waals surface area (Å²) in [5, 5.41) is 14.2. The highest BCUT2D eigenvalue weighted by molar-refractivity contribution is 6.76. The number of hydrogen-bond donors (Lipinski definition) is 1. The first-order valence-corrected chi connectivity index (χ1v) is 27.5. The number of aliphatic hydroxyl groups excluding tert-OH is 1. The number of anilines is 1. The molecule has 5 rings (SSSR count). The van der Waals surface area contributed by atoms with Gasteiger partial charge < -0.3 is 33.9 Å². The number of hydrogen-bond acceptors (Lipinski definition) is 10. The van der Waals surface area contributed by atoms with Crippen LogP contribution in [0.15, 0.2) is 31.1 Å². The summed E-state index contributed by atoms with van der Waals surface area (Å²) < 4.78 is 27.0. The Morgan fingerprint density at radius 3 is 2.14 bits per heavy atom. The van der Waals surface area contributed by atoms with Gasteiger partial charge in [0.1, 0.15) is 42.9 Å². The molecule has 2 atom stereocenters. The number of pyridine rings is 1. The number of amides is 1. The maximum absolute atomic E-state index is 13.5. The maximum Gasteiger partial charge on any atom is 0.410 e. The first-order chi connectivity index (χ1) is 26.4. The van der Waals surface area contributed by atoms with Crippen LogP contribution in [0.2, 0.25) is 51.4 Å². The summed E-state index contributed by atoms with van der Waals surface area (Å²) in [6.45, 7) is 28.3. The van der Waals surface area contributed by atoms with Gasteiger partial charge in [0.2, 0.25) is 0 Å². The van der Waals surface area contributed by atoms with E-state index in [4.69, 9.17) is 29.0 Å². The Morgan fingerprint density at radius 1 is 1.00 bits per heavy atom. The molecule has 2 aliphatic rings. The highest BCUT2D eigenvalue weighted by atomic mass is 28.3. The van der Waals surface area contributed by atoms with Crippen LogP contribution in [-0.4, -0.2) is 109 Å². The minimum Gasteiger partial charge on any atom is -0.494 e. The first-order valence-electron chi connectivity index (χ1n) is 20.1. The molecule has 2 unspecified atom stereocenters. The molecule has 2 fully saturated rings. The summed E-state index contributed by atoms with van der Waals surface area (Å²) >= 11 is 0. The monoisotopic (exact) mass is 804 g/mol. The van der Waals surface area contributed by atoms with Gasteiger partial charge in [0.15, 0.2) is 5.65 Å². The van der Waals surface area contributed by atoms with Crippen LogP contribution in [0.1, 0.15) is 76.2 Å². The van der Waals surface area contributed by atoms with E-state index in [9.17, 15) is 9.90 Å². The number of carbonyl (C=O) groups excluding carboxylic acids is 1. The summed E-state index contributed by atoms with van der Waals surface area (Å²) in [6.07, 6.45) is 6.62. The van der Waals surface area contributed by atoms with Crippen LogP contribution >= 0.6 is 0 Å². The molecule has 1 N–H and O–H groups in total. The summed E-state index contributed by atoms with van der Waals surface area (Å²) in [5.74, 6) is 6.80. The first kappa shape index (κ1) is 43.4. The van der Waals surface area contributed by atoms with E-state index in [2.05, 4.69) is 67.6 Å². The molecule has 3 aromatic heterocycles. The van der Waals surface area contributed by atoms with E-state index in [1.54, 1.807) is 6.20 Å². The van der Waals surface area contributed by atoms with Gasteiger partial charge in [-0.3, -0.25) is 0 Å². The number of ether oxygens (including phenoxy) is 4. The highest BCUT2D eigenvalue weighted by Crippen LogP contribution is 2.47. The predicted molar refractivity (Wildman–Crippen MR) is 228 cm³/mol. The average Bonchev–Trinajstić information content (AvgIpc) is 3.65. The fourth-order valence-corrected chi connectivity index (χ4v) is 8.85. The van der Waals surface area contributed by atoms with Crippen molar-refractivity contribution in [3.63, 3.8) is 0 Å². The molecular formula is C42H64N6O6Si2. The molecule has 0 radical (unpaired) electrons. The second-order valence-electron chi connectivity index (χ2n) is 18.4. The van der Waals surface area contributed by atoms with E-state index in [0.717, 1.165) is 66.0 Å². The van der Waals surface area contributed by atoms with Crippen LogP contribution in [0.5, 0.6) is 0 Å². The summed E-state index contributed by atoms with van der Waals surface area (Å²) in [4.78, 5) is 27.6. The van der Waals surface area contributed by atoms with Crippen molar-refractivity contribution >= 4 is 39.5 Å². The number of fused-ring (bicyclic) bond motifs is 3. The van der Waals surface area contributed by atoms with Crippen molar-refractivity contribution in [3.05, 3.63) is 48.1 Å². The molecule has 306 valence electrons. The normalized spacial score (nSPS) is 18.5. The molecule has 0 spiro atoms. The third-order valence-electron chi connectivity index (χ3n) is 10.1. The fraction of sp³-hybridized carbons (Fsp3) is 0.619. The standard InChI is InChI=1S/C42H64N6O6Si2/c1-12-53-30(2)37-38(32-24-34-17-18-35(25-32)47(34)41(50)54-42(3,4)5)45-39-36(31-15-16-33(43-26-31)14-13-19-49)27-44-48(39)40(37)46(28-51-20-22-55(6,7)8)29-52-21-23-56(9,10)11/h15-16,26-27,32,34-35,49H,2,12,17-25,28-29H2,1,3-11H3. The molecule has 5 heterocycles. The van der Waals surface area contributed by atoms with Gasteiger partial charge >= 0.3 is 6.09 Å². The third kappa shape index (κ3) is 11.2. The average molecular weight is 805 g/mol. The van der Waals surface area contributed by atoms with Gasteiger partial charge in [0.25, 0.3) is 0 Å².